The van der Waals surface area contributed by atoms with Gasteiger partial charge in [-0.05, 0) is 59.3 Å². The lowest BCUT2D eigenvalue weighted by molar-refractivity contribution is 0.102. The quantitative estimate of drug-likeness (QED) is 0.563. The van der Waals surface area contributed by atoms with Gasteiger partial charge in [-0.1, -0.05) is 12.1 Å². The van der Waals surface area contributed by atoms with Crippen LogP contribution in [0.2, 0.25) is 0 Å². The summed E-state index contributed by atoms with van der Waals surface area (Å²) in [4.78, 5) is 16.7. The summed E-state index contributed by atoms with van der Waals surface area (Å²) in [7, 11) is 0. The van der Waals surface area contributed by atoms with Gasteiger partial charge in [-0.2, -0.15) is 5.10 Å². The highest BCUT2D eigenvalue weighted by atomic mass is 16.1. The fourth-order valence-electron chi connectivity index (χ4n) is 2.58. The molecule has 4 rings (SSSR count). The van der Waals surface area contributed by atoms with Crippen LogP contribution in [0.5, 0.6) is 0 Å². The van der Waals surface area contributed by atoms with Crippen molar-refractivity contribution in [2.75, 3.05) is 5.32 Å². The molecule has 0 spiro atoms. The third-order valence-corrected chi connectivity index (χ3v) is 3.95. The number of H-pyrrole nitrogens is 1. The van der Waals surface area contributed by atoms with Gasteiger partial charge in [0.2, 0.25) is 0 Å². The van der Waals surface area contributed by atoms with Crippen molar-refractivity contribution in [3.63, 3.8) is 0 Å². The van der Waals surface area contributed by atoms with Crippen LogP contribution < -0.4 is 5.32 Å². The summed E-state index contributed by atoms with van der Waals surface area (Å²) in [6.45, 7) is 2.40. The molecule has 27 heavy (non-hydrogen) atoms. The molecular weight excluding hydrogens is 344 g/mol. The molecule has 1 amide bonds. The van der Waals surface area contributed by atoms with E-state index in [1.54, 1.807) is 23.1 Å². The molecule has 0 unspecified atom stereocenters. The summed E-state index contributed by atoms with van der Waals surface area (Å²) in [5.74, 6) is 1.21. The van der Waals surface area contributed by atoms with E-state index in [2.05, 4.69) is 36.0 Å². The molecule has 134 valence electrons. The Bertz CT molecular complexity index is 1040. The number of aromatic amines is 1. The Labute approximate surface area is 154 Å². The van der Waals surface area contributed by atoms with Crippen LogP contribution in [0, 0.1) is 6.92 Å². The van der Waals surface area contributed by atoms with Crippen LogP contribution in [-0.2, 0) is 6.54 Å². The highest BCUT2D eigenvalue weighted by molar-refractivity contribution is 6.04. The largest absolute Gasteiger partial charge is 0.322 e. The van der Waals surface area contributed by atoms with Crippen molar-refractivity contribution in [3.05, 3.63) is 71.8 Å². The minimum atomic E-state index is -0.175. The molecule has 2 N–H and O–H groups in total. The van der Waals surface area contributed by atoms with Gasteiger partial charge in [0.05, 0.1) is 6.54 Å². The number of nitrogens with zero attached hydrogens (tertiary/aromatic N) is 6. The van der Waals surface area contributed by atoms with Gasteiger partial charge in [-0.25, -0.2) is 9.67 Å². The maximum absolute atomic E-state index is 12.4. The topological polar surface area (TPSA) is 114 Å². The van der Waals surface area contributed by atoms with E-state index >= 15 is 0 Å². The average Bonchev–Trinajstić information content (AvgIpc) is 3.35. The van der Waals surface area contributed by atoms with Crippen molar-refractivity contribution in [2.45, 2.75) is 13.5 Å². The van der Waals surface area contributed by atoms with Crippen LogP contribution in [-0.4, -0.2) is 41.3 Å². The normalized spacial score (nSPS) is 10.7. The molecule has 9 heteroatoms. The van der Waals surface area contributed by atoms with E-state index < -0.39 is 0 Å². The number of hydrogen-bond acceptors (Lipinski definition) is 6. The molecule has 0 fully saturated rings. The van der Waals surface area contributed by atoms with Crippen molar-refractivity contribution in [1.82, 2.24) is 35.4 Å². The van der Waals surface area contributed by atoms with Crippen molar-refractivity contribution in [1.29, 1.82) is 0 Å². The van der Waals surface area contributed by atoms with Gasteiger partial charge in [-0.15, -0.1) is 5.10 Å². The first-order chi connectivity index (χ1) is 13.2. The number of benzene rings is 2. The van der Waals surface area contributed by atoms with Crippen LogP contribution in [0.15, 0.2) is 54.9 Å². The third-order valence-electron chi connectivity index (χ3n) is 3.95. The number of anilines is 1. The lowest BCUT2D eigenvalue weighted by Crippen LogP contribution is -2.12. The zero-order valence-electron chi connectivity index (χ0n) is 14.5. The smallest absolute Gasteiger partial charge is 0.255 e. The summed E-state index contributed by atoms with van der Waals surface area (Å²) >= 11 is 0. The summed E-state index contributed by atoms with van der Waals surface area (Å²) in [6, 6.07) is 14.7. The highest BCUT2D eigenvalue weighted by Crippen LogP contribution is 2.18. The number of amides is 1. The van der Waals surface area contributed by atoms with Gasteiger partial charge < -0.3 is 5.32 Å². The molecule has 0 atom stereocenters. The van der Waals surface area contributed by atoms with Crippen molar-refractivity contribution >= 4 is 11.6 Å². The zero-order valence-corrected chi connectivity index (χ0v) is 14.5. The standard InChI is InChI=1S/C18H16N8O/c1-12-20-17(23-22-12)14-6-8-16(9-7-14)21-18(27)15-4-2-13(3-5-15)10-26-11-19-24-25-26/h2-9,11H,10H2,1H3,(H,21,27)(H,20,22,23). The first-order valence-corrected chi connectivity index (χ1v) is 8.28. The van der Waals surface area contributed by atoms with Crippen LogP contribution >= 0.6 is 0 Å². The van der Waals surface area contributed by atoms with E-state index in [-0.39, 0.29) is 5.91 Å². The molecule has 0 bridgehead atoms. The molecule has 0 aliphatic heterocycles. The van der Waals surface area contributed by atoms with E-state index in [1.807, 2.05) is 43.3 Å². The predicted molar refractivity (Wildman–Crippen MR) is 97.9 cm³/mol. The Hall–Kier alpha value is -3.88. The molecule has 9 nitrogen and oxygen atoms in total. The lowest BCUT2D eigenvalue weighted by Gasteiger charge is -2.07. The molecular formula is C18H16N8O. The number of nitrogens with one attached hydrogen (secondary N) is 2. The highest BCUT2D eigenvalue weighted by Gasteiger charge is 2.08. The second-order valence-corrected chi connectivity index (χ2v) is 5.98. The second kappa shape index (κ2) is 7.16. The molecule has 2 aromatic heterocycles. The Kier molecular flexibility index (Phi) is 4.40. The number of aryl methyl sites for hydroxylation is 1. The number of carbonyl (C=O) groups is 1. The Morgan fingerprint density at radius 3 is 2.52 bits per heavy atom. The van der Waals surface area contributed by atoms with Gasteiger partial charge in [-0.3, -0.25) is 9.89 Å². The number of carbonyl (C=O) groups excluding carboxylic acids is 1. The maximum atomic E-state index is 12.4. The molecule has 2 heterocycles. The van der Waals surface area contributed by atoms with E-state index in [0.29, 0.717) is 23.6 Å². The third kappa shape index (κ3) is 3.87. The second-order valence-electron chi connectivity index (χ2n) is 5.98. The SMILES string of the molecule is Cc1nc(-c2ccc(NC(=O)c3ccc(Cn4cnnn4)cc3)cc2)n[nH]1. The van der Waals surface area contributed by atoms with Crippen molar-refractivity contribution in [3.8, 4) is 11.4 Å². The average molecular weight is 360 g/mol. The molecule has 0 radical (unpaired) electrons. The minimum Gasteiger partial charge on any atom is -0.322 e. The molecule has 0 aliphatic rings. The fraction of sp³-hybridized carbons (Fsp3) is 0.111. The summed E-state index contributed by atoms with van der Waals surface area (Å²) in [6.07, 6.45) is 1.55. The molecule has 4 aromatic rings. The number of tetrazole rings is 1. The van der Waals surface area contributed by atoms with Crippen LogP contribution in [0.1, 0.15) is 21.7 Å². The van der Waals surface area contributed by atoms with Gasteiger partial charge in [0.25, 0.3) is 5.91 Å². The van der Waals surface area contributed by atoms with Crippen LogP contribution in [0.3, 0.4) is 0 Å². The summed E-state index contributed by atoms with van der Waals surface area (Å²) in [5, 5.41) is 20.8. The Balaban J connectivity index is 1.41. The minimum absolute atomic E-state index is 0.175. The van der Waals surface area contributed by atoms with Gasteiger partial charge in [0.1, 0.15) is 12.2 Å². The first-order valence-electron chi connectivity index (χ1n) is 8.28. The Morgan fingerprint density at radius 1 is 1.11 bits per heavy atom. The number of rotatable bonds is 5. The molecule has 0 saturated carbocycles. The lowest BCUT2D eigenvalue weighted by atomic mass is 10.1. The molecule has 2 aromatic carbocycles. The van der Waals surface area contributed by atoms with Gasteiger partial charge in [0, 0.05) is 16.8 Å². The van der Waals surface area contributed by atoms with Crippen LogP contribution in [0.25, 0.3) is 11.4 Å². The van der Waals surface area contributed by atoms with E-state index in [0.717, 1.165) is 17.0 Å². The number of hydrogen-bond donors (Lipinski definition) is 2. The molecule has 0 aliphatic carbocycles. The van der Waals surface area contributed by atoms with E-state index in [4.69, 9.17) is 0 Å². The van der Waals surface area contributed by atoms with Crippen molar-refractivity contribution < 1.29 is 4.79 Å². The first kappa shape index (κ1) is 16.6. The maximum Gasteiger partial charge on any atom is 0.255 e. The Morgan fingerprint density at radius 2 is 1.89 bits per heavy atom. The summed E-state index contributed by atoms with van der Waals surface area (Å²) < 4.78 is 1.62. The monoisotopic (exact) mass is 360 g/mol. The summed E-state index contributed by atoms with van der Waals surface area (Å²) in [5.41, 5.74) is 3.16. The van der Waals surface area contributed by atoms with Gasteiger partial charge in [0.15, 0.2) is 5.82 Å². The predicted octanol–water partition coefficient (Wildman–Crippen LogP) is 2.07. The van der Waals surface area contributed by atoms with Crippen LogP contribution in [0.4, 0.5) is 5.69 Å². The van der Waals surface area contributed by atoms with E-state index in [9.17, 15) is 4.79 Å². The fourth-order valence-corrected chi connectivity index (χ4v) is 2.58. The number of aromatic nitrogens is 7. The van der Waals surface area contributed by atoms with Gasteiger partial charge >= 0.3 is 0 Å². The zero-order chi connectivity index (χ0) is 18.6. The van der Waals surface area contributed by atoms with E-state index in [1.165, 1.54) is 0 Å². The molecule has 0 saturated heterocycles. The van der Waals surface area contributed by atoms with Crippen molar-refractivity contribution in [2.24, 2.45) is 0 Å².